The number of pyridine rings is 1. The van der Waals surface area contributed by atoms with E-state index < -0.39 is 11.7 Å². The van der Waals surface area contributed by atoms with E-state index in [9.17, 15) is 15.3 Å². The molecule has 1 unspecified atom stereocenters. The second-order valence-corrected chi connectivity index (χ2v) is 7.99. The van der Waals surface area contributed by atoms with Crippen molar-refractivity contribution in [3.63, 3.8) is 0 Å². The van der Waals surface area contributed by atoms with Crippen LogP contribution in [-0.4, -0.2) is 50.4 Å². The molecular formula is C21H26N2O3. The normalized spacial score (nSPS) is 29.6. The summed E-state index contributed by atoms with van der Waals surface area (Å²) in [4.78, 5) is 6.37. The van der Waals surface area contributed by atoms with Crippen LogP contribution >= 0.6 is 0 Å². The van der Waals surface area contributed by atoms with Gasteiger partial charge in [0.15, 0.2) is 0 Å². The highest BCUT2D eigenvalue weighted by atomic mass is 16.3. The van der Waals surface area contributed by atoms with Crippen LogP contribution in [0.1, 0.15) is 30.2 Å². The zero-order valence-corrected chi connectivity index (χ0v) is 14.8. The molecule has 2 fully saturated rings. The van der Waals surface area contributed by atoms with Crippen LogP contribution in [-0.2, 0) is 6.42 Å². The van der Waals surface area contributed by atoms with Crippen LogP contribution in [0.25, 0.3) is 0 Å². The average Bonchev–Trinajstić information content (AvgIpc) is 3.10. The summed E-state index contributed by atoms with van der Waals surface area (Å²) in [5, 5.41) is 30.7. The van der Waals surface area contributed by atoms with E-state index in [0.717, 1.165) is 32.4 Å². The number of aromatic nitrogens is 1. The van der Waals surface area contributed by atoms with E-state index in [1.165, 1.54) is 11.8 Å². The summed E-state index contributed by atoms with van der Waals surface area (Å²) in [6.07, 6.45) is 3.09. The molecule has 2 aromatic rings. The lowest BCUT2D eigenvalue weighted by molar-refractivity contribution is 0.0327. The van der Waals surface area contributed by atoms with Crippen molar-refractivity contribution in [1.29, 1.82) is 0 Å². The molecule has 1 saturated carbocycles. The number of aliphatic hydroxyl groups is 2. The van der Waals surface area contributed by atoms with Crippen LogP contribution in [0, 0.1) is 11.8 Å². The van der Waals surface area contributed by atoms with Gasteiger partial charge >= 0.3 is 0 Å². The summed E-state index contributed by atoms with van der Waals surface area (Å²) in [7, 11) is 0. The van der Waals surface area contributed by atoms with Crippen molar-refractivity contribution in [2.75, 3.05) is 19.6 Å². The highest BCUT2D eigenvalue weighted by molar-refractivity contribution is 5.20. The highest BCUT2D eigenvalue weighted by Crippen LogP contribution is 2.45. The van der Waals surface area contributed by atoms with E-state index in [4.69, 9.17) is 0 Å². The summed E-state index contributed by atoms with van der Waals surface area (Å²) in [5.41, 5.74) is 1.18. The summed E-state index contributed by atoms with van der Waals surface area (Å²) >= 11 is 0. The maximum Gasteiger partial charge on any atom is 0.133 e. The number of aliphatic hydroxyl groups excluding tert-OH is 1. The Bertz CT molecular complexity index is 721. The molecule has 0 radical (unpaired) electrons. The smallest absolute Gasteiger partial charge is 0.133 e. The van der Waals surface area contributed by atoms with Gasteiger partial charge in [0, 0.05) is 26.1 Å². The Hall–Kier alpha value is -1.95. The second-order valence-electron chi connectivity index (χ2n) is 7.99. The van der Waals surface area contributed by atoms with Gasteiger partial charge in [-0.05, 0) is 42.4 Å². The Morgan fingerprint density at radius 1 is 1.08 bits per heavy atom. The first kappa shape index (κ1) is 17.5. The number of β-amino-alcohol motifs (C(OH)–C–C–N with tert-alkyl or cyclic N) is 1. The van der Waals surface area contributed by atoms with E-state index >= 15 is 0 Å². The van der Waals surface area contributed by atoms with Gasteiger partial charge in [0.05, 0.1) is 17.5 Å². The van der Waals surface area contributed by atoms with Gasteiger partial charge in [0.2, 0.25) is 0 Å². The van der Waals surface area contributed by atoms with Crippen LogP contribution in [0.5, 0.6) is 5.75 Å². The fraction of sp³-hybridized carbons (Fsp3) is 0.476. The predicted octanol–water partition coefficient (Wildman–Crippen LogP) is 2.14. The topological polar surface area (TPSA) is 76.8 Å². The van der Waals surface area contributed by atoms with E-state index in [1.54, 1.807) is 12.1 Å². The van der Waals surface area contributed by atoms with E-state index in [2.05, 4.69) is 22.0 Å². The van der Waals surface area contributed by atoms with Crippen molar-refractivity contribution in [2.24, 2.45) is 11.8 Å². The van der Waals surface area contributed by atoms with Crippen LogP contribution in [0.3, 0.4) is 0 Å². The molecule has 1 aliphatic heterocycles. The van der Waals surface area contributed by atoms with Crippen molar-refractivity contribution in [3.05, 3.63) is 59.9 Å². The van der Waals surface area contributed by atoms with Gasteiger partial charge in [0.1, 0.15) is 11.9 Å². The number of likely N-dealkylation sites (tertiary alicyclic amines) is 1. The van der Waals surface area contributed by atoms with Crippen LogP contribution in [0.2, 0.25) is 0 Å². The molecule has 5 nitrogen and oxygen atoms in total. The molecule has 1 saturated heterocycles. The molecule has 5 heteroatoms. The second kappa shape index (κ2) is 6.99. The number of benzene rings is 1. The van der Waals surface area contributed by atoms with E-state index in [-0.39, 0.29) is 5.75 Å². The molecule has 0 bridgehead atoms. The molecule has 1 aliphatic carbocycles. The minimum Gasteiger partial charge on any atom is -0.506 e. The van der Waals surface area contributed by atoms with Gasteiger partial charge < -0.3 is 15.3 Å². The van der Waals surface area contributed by atoms with Gasteiger partial charge in [-0.15, -0.1) is 0 Å². The summed E-state index contributed by atoms with van der Waals surface area (Å²) in [5.74, 6) is 1.08. The maximum atomic E-state index is 11.0. The van der Waals surface area contributed by atoms with Crippen LogP contribution in [0.4, 0.5) is 0 Å². The Morgan fingerprint density at radius 3 is 2.38 bits per heavy atom. The van der Waals surface area contributed by atoms with Gasteiger partial charge in [-0.3, -0.25) is 9.88 Å². The monoisotopic (exact) mass is 354 g/mol. The minimum atomic E-state index is -0.655. The lowest BCUT2D eigenvalue weighted by Crippen LogP contribution is -2.33. The lowest BCUT2D eigenvalue weighted by Gasteiger charge is -2.27. The van der Waals surface area contributed by atoms with Gasteiger partial charge in [-0.25, -0.2) is 0 Å². The van der Waals surface area contributed by atoms with Crippen molar-refractivity contribution >= 4 is 0 Å². The lowest BCUT2D eigenvalue weighted by atomic mass is 9.91. The molecule has 26 heavy (non-hydrogen) atoms. The Morgan fingerprint density at radius 2 is 1.77 bits per heavy atom. The predicted molar refractivity (Wildman–Crippen MR) is 98.6 cm³/mol. The summed E-state index contributed by atoms with van der Waals surface area (Å²) < 4.78 is 0. The van der Waals surface area contributed by atoms with Gasteiger partial charge in [-0.1, -0.05) is 30.3 Å². The maximum absolute atomic E-state index is 11.0. The number of rotatable bonds is 5. The molecule has 2 heterocycles. The number of fused-ring (bicyclic) bond motifs is 1. The molecule has 0 spiro atoms. The molecule has 1 aromatic carbocycles. The largest absolute Gasteiger partial charge is 0.506 e. The van der Waals surface area contributed by atoms with Gasteiger partial charge in [0.25, 0.3) is 0 Å². The van der Waals surface area contributed by atoms with Gasteiger partial charge in [-0.2, -0.15) is 0 Å². The van der Waals surface area contributed by atoms with Crippen molar-refractivity contribution in [2.45, 2.75) is 31.0 Å². The first-order valence-electron chi connectivity index (χ1n) is 9.32. The molecule has 4 rings (SSSR count). The van der Waals surface area contributed by atoms with Crippen molar-refractivity contribution < 1.29 is 15.3 Å². The Labute approximate surface area is 153 Å². The minimum absolute atomic E-state index is 0.106. The third-order valence-corrected chi connectivity index (χ3v) is 5.86. The van der Waals surface area contributed by atoms with Crippen molar-refractivity contribution in [1.82, 2.24) is 9.88 Å². The number of aromatic hydroxyl groups is 1. The van der Waals surface area contributed by atoms with E-state index in [0.29, 0.717) is 24.1 Å². The third-order valence-electron chi connectivity index (χ3n) is 5.86. The first-order valence-corrected chi connectivity index (χ1v) is 9.32. The molecule has 0 amide bonds. The van der Waals surface area contributed by atoms with Crippen molar-refractivity contribution in [3.8, 4) is 5.75 Å². The summed E-state index contributed by atoms with van der Waals surface area (Å²) in [6.45, 7) is 2.37. The number of nitrogens with zero attached hydrogens (tertiary/aromatic N) is 2. The highest BCUT2D eigenvalue weighted by Gasteiger charge is 2.48. The molecule has 2 aliphatic rings. The quantitative estimate of drug-likeness (QED) is 0.767. The number of hydrogen-bond acceptors (Lipinski definition) is 5. The van der Waals surface area contributed by atoms with Crippen LogP contribution < -0.4 is 0 Å². The zero-order valence-electron chi connectivity index (χ0n) is 14.8. The fourth-order valence-electron chi connectivity index (χ4n) is 4.76. The molecule has 1 aromatic heterocycles. The van der Waals surface area contributed by atoms with Crippen LogP contribution in [0.15, 0.2) is 48.7 Å². The average molecular weight is 354 g/mol. The summed E-state index contributed by atoms with van der Waals surface area (Å²) in [6, 6.07) is 13.4. The zero-order chi connectivity index (χ0) is 18.1. The fourth-order valence-corrected chi connectivity index (χ4v) is 4.76. The Balaban J connectivity index is 1.32. The number of hydrogen-bond donors (Lipinski definition) is 3. The SMILES string of the molecule is Oc1ccc(C(O)CN2C[C@@H]3C[C@](O)(Cc4ccccc4)C[C@@H]3C2)nc1. The molecular weight excluding hydrogens is 328 g/mol. The Kier molecular flexibility index (Phi) is 4.69. The molecule has 138 valence electrons. The molecule has 4 atom stereocenters. The van der Waals surface area contributed by atoms with E-state index in [1.807, 2.05) is 18.2 Å². The third kappa shape index (κ3) is 3.75. The molecule has 3 N–H and O–H groups in total. The standard InChI is InChI=1S/C21H26N2O3/c24-18-6-7-19(22-11-18)20(25)14-23-12-16-9-21(26,10-17(16)13-23)8-15-4-2-1-3-5-15/h1-7,11,16-17,20,24-26H,8-10,12-14H2/t16-,17+,20?,21+. The first-order chi connectivity index (χ1) is 12.5.